The van der Waals surface area contributed by atoms with Crippen LogP contribution in [0.4, 0.5) is 11.4 Å². The monoisotopic (exact) mass is 1200 g/mol. The van der Waals surface area contributed by atoms with Gasteiger partial charge in [-0.15, -0.1) is 0 Å². The molecular formula is C68H76B2N8O11. The number of carbonyl (C=O) groups excluding carboxylic acids is 5. The molecular weight excluding hydrogens is 1130 g/mol. The average molecular weight is 1200 g/mol. The van der Waals surface area contributed by atoms with E-state index in [1.165, 1.54) is 50.2 Å². The smallest absolute Gasteiger partial charge is 0.621 e. The highest BCUT2D eigenvalue weighted by molar-refractivity contribution is 6.65. The number of nitrogen functional groups attached to an aromatic ring is 1. The fourth-order valence-corrected chi connectivity index (χ4v) is 10.6. The lowest BCUT2D eigenvalue weighted by atomic mass is 9.58. The summed E-state index contributed by atoms with van der Waals surface area (Å²) < 4.78 is 15.8. The van der Waals surface area contributed by atoms with Gasteiger partial charge in [-0.1, -0.05) is 137 Å². The van der Waals surface area contributed by atoms with Crippen molar-refractivity contribution in [3.8, 4) is 23.0 Å². The van der Waals surface area contributed by atoms with Crippen molar-refractivity contribution in [1.29, 1.82) is 0 Å². The van der Waals surface area contributed by atoms with Gasteiger partial charge in [0.05, 0.1) is 46.8 Å². The van der Waals surface area contributed by atoms with E-state index in [0.717, 1.165) is 28.1 Å². The highest BCUT2D eigenvalue weighted by Crippen LogP contribution is 2.45. The molecule has 10 rings (SSSR count). The molecule has 8 N–H and O–H groups in total. The van der Waals surface area contributed by atoms with Gasteiger partial charge in [0.2, 0.25) is 11.8 Å². The van der Waals surface area contributed by atoms with E-state index in [4.69, 9.17) is 25.3 Å². The number of hydrogen-bond acceptors (Lipinski definition) is 16. The molecule has 460 valence electrons. The van der Waals surface area contributed by atoms with Gasteiger partial charge in [-0.25, -0.2) is 9.97 Å². The maximum Gasteiger partial charge on any atom is 0.675 e. The number of hydrogen-bond donors (Lipinski definition) is 7. The molecule has 2 aliphatic heterocycles. The molecule has 0 bridgehead atoms. The first kappa shape index (κ1) is 66.7. The van der Waals surface area contributed by atoms with Gasteiger partial charge in [-0.3, -0.25) is 33.9 Å². The Hall–Kier alpha value is -9.85. The van der Waals surface area contributed by atoms with Crippen molar-refractivity contribution in [1.82, 2.24) is 30.6 Å². The Morgan fingerprint density at radius 2 is 1.06 bits per heavy atom. The number of aromatic hydroxyl groups is 2. The van der Waals surface area contributed by atoms with Crippen LogP contribution < -0.4 is 25.7 Å². The van der Waals surface area contributed by atoms with Crippen molar-refractivity contribution in [2.75, 3.05) is 5.73 Å². The number of rotatable bonds is 21. The van der Waals surface area contributed by atoms with Crippen molar-refractivity contribution in [2.24, 2.45) is 23.7 Å². The summed E-state index contributed by atoms with van der Waals surface area (Å²) in [6.07, 6.45) is 10.4. The molecule has 0 radical (unpaired) electrons. The van der Waals surface area contributed by atoms with Gasteiger partial charge in [-0.05, 0) is 98.0 Å². The van der Waals surface area contributed by atoms with E-state index >= 15 is 0 Å². The first-order valence-electron chi connectivity index (χ1n) is 29.5. The van der Waals surface area contributed by atoms with Crippen LogP contribution in [0.25, 0.3) is 0 Å². The quantitative estimate of drug-likeness (QED) is 0.0152. The second-order valence-electron chi connectivity index (χ2n) is 22.6. The second-order valence-corrected chi connectivity index (χ2v) is 22.6. The van der Waals surface area contributed by atoms with Crippen LogP contribution in [0.15, 0.2) is 195 Å². The summed E-state index contributed by atoms with van der Waals surface area (Å²) in [6, 6.07) is 48.1. The SMILES string of the molecule is CC(=O)c1ccccc1O.CC(C)C[C@H](NC(=O)[C@H](CC(=O)c1cnccn1)Cc1ccccc1)B(O)O.CC1=[N+]2c3ccccc3O[B-]2([C@H](CC(C)C)NC(=O)[C@H](CC(=O)c2cnccn2)Cc2ccccc2)Oc2ccccc21.Nc1ccccc1O. The molecule has 0 fully saturated rings. The van der Waals surface area contributed by atoms with Gasteiger partial charge < -0.3 is 50.4 Å². The fourth-order valence-electron chi connectivity index (χ4n) is 10.6. The summed E-state index contributed by atoms with van der Waals surface area (Å²) in [6.45, 7) is 9.31. The minimum absolute atomic E-state index is 0.00649. The number of nitrogens with two attached hydrogens (primary N) is 1. The number of fused-ring (bicyclic) bond motifs is 4. The van der Waals surface area contributed by atoms with Crippen LogP contribution in [0.3, 0.4) is 0 Å². The molecule has 6 aromatic carbocycles. The molecule has 2 amide bonds. The number of amides is 2. The van der Waals surface area contributed by atoms with E-state index in [1.807, 2.05) is 123 Å². The van der Waals surface area contributed by atoms with Gasteiger partial charge in [0.25, 0.3) is 0 Å². The van der Waals surface area contributed by atoms with Crippen LogP contribution in [-0.2, 0) is 22.4 Å². The molecule has 21 heteroatoms. The zero-order chi connectivity index (χ0) is 64.0. The highest BCUT2D eigenvalue weighted by Gasteiger charge is 2.63. The topological polar surface area (TPSA) is 289 Å². The number of nitrogens with zero attached hydrogens (tertiary/aromatic N) is 5. The number of anilines is 1. The first-order chi connectivity index (χ1) is 42.7. The van der Waals surface area contributed by atoms with Gasteiger partial charge in [0.1, 0.15) is 34.3 Å². The number of benzene rings is 6. The maximum atomic E-state index is 14.3. The Morgan fingerprint density at radius 3 is 1.53 bits per heavy atom. The van der Waals surface area contributed by atoms with Crippen LogP contribution in [0.2, 0.25) is 0 Å². The van der Waals surface area contributed by atoms with Gasteiger partial charge in [0.15, 0.2) is 23.0 Å². The predicted molar refractivity (Wildman–Crippen MR) is 342 cm³/mol. The average Bonchev–Trinajstić information content (AvgIpc) is 1.60. The van der Waals surface area contributed by atoms with Gasteiger partial charge in [-0.2, -0.15) is 0 Å². The number of aromatic nitrogens is 4. The van der Waals surface area contributed by atoms with Crippen LogP contribution >= 0.6 is 0 Å². The van der Waals surface area contributed by atoms with Gasteiger partial charge in [0, 0.05) is 62.5 Å². The summed E-state index contributed by atoms with van der Waals surface area (Å²) in [5, 5.41) is 43.1. The minimum Gasteiger partial charge on any atom is -0.621 e. The van der Waals surface area contributed by atoms with Crippen LogP contribution in [0.1, 0.15) is 115 Å². The second kappa shape index (κ2) is 32.2. The molecule has 0 saturated carbocycles. The third-order valence-electron chi connectivity index (χ3n) is 14.9. The normalized spacial score (nSPS) is 14.7. The number of phenolic OH excluding ortho intramolecular Hbond substituents is 2. The summed E-state index contributed by atoms with van der Waals surface area (Å²) in [5.41, 5.74) is 11.3. The Balaban J connectivity index is 0.000000207. The zero-order valence-electron chi connectivity index (χ0n) is 50.8. The van der Waals surface area contributed by atoms with E-state index < -0.39 is 37.5 Å². The lowest BCUT2D eigenvalue weighted by molar-refractivity contribution is -0.327. The van der Waals surface area contributed by atoms with Gasteiger partial charge >= 0.3 is 13.8 Å². The maximum absolute atomic E-state index is 14.3. The molecule has 0 aliphatic carbocycles. The lowest BCUT2D eigenvalue weighted by Gasteiger charge is -2.42. The number of nitrogens with one attached hydrogen (secondary N) is 2. The van der Waals surface area contributed by atoms with E-state index in [0.29, 0.717) is 48.4 Å². The Bertz CT molecular complexity index is 3660. The predicted octanol–water partition coefficient (Wildman–Crippen LogP) is 9.58. The van der Waals surface area contributed by atoms with Crippen LogP contribution in [0.5, 0.6) is 23.0 Å². The summed E-state index contributed by atoms with van der Waals surface area (Å²) in [5.74, 6) is -1.87. The summed E-state index contributed by atoms with van der Waals surface area (Å²) >= 11 is 0. The van der Waals surface area contributed by atoms with Crippen molar-refractivity contribution in [2.45, 2.75) is 91.9 Å². The van der Waals surface area contributed by atoms with E-state index in [-0.39, 0.29) is 76.7 Å². The van der Waals surface area contributed by atoms with E-state index in [1.54, 1.807) is 42.5 Å². The Labute approximate surface area is 519 Å². The molecule has 1 unspecified atom stereocenters. The Morgan fingerprint density at radius 1 is 0.584 bits per heavy atom. The molecule has 2 aromatic heterocycles. The molecule has 5 atom stereocenters. The van der Waals surface area contributed by atoms with Crippen molar-refractivity contribution in [3.63, 3.8) is 0 Å². The molecule has 0 saturated heterocycles. The van der Waals surface area contributed by atoms with Crippen molar-refractivity contribution < 1.29 is 58.0 Å². The van der Waals surface area contributed by atoms with Crippen LogP contribution in [-0.4, -0.2) is 105 Å². The van der Waals surface area contributed by atoms with E-state index in [2.05, 4.69) is 55.8 Å². The number of carbonyl (C=O) groups is 5. The van der Waals surface area contributed by atoms with Crippen molar-refractivity contribution >= 4 is 60.1 Å². The summed E-state index contributed by atoms with van der Waals surface area (Å²) in [7, 11) is -1.67. The van der Waals surface area contributed by atoms with Crippen molar-refractivity contribution in [3.05, 3.63) is 229 Å². The molecule has 19 nitrogen and oxygen atoms in total. The third kappa shape index (κ3) is 18.6. The number of phenols is 2. The molecule has 8 aromatic rings. The molecule has 89 heavy (non-hydrogen) atoms. The zero-order valence-corrected chi connectivity index (χ0v) is 50.8. The third-order valence-corrected chi connectivity index (χ3v) is 14.9. The van der Waals surface area contributed by atoms with E-state index in [9.17, 15) is 34.0 Å². The molecule has 2 aliphatic rings. The Kier molecular flexibility index (Phi) is 24.1. The number of Topliss-reactive ketones (excluding diaryl/α,β-unsaturated/α-hetero) is 3. The first-order valence-corrected chi connectivity index (χ1v) is 29.5. The minimum atomic E-state index is -2.28. The largest absolute Gasteiger partial charge is 0.675 e. The molecule has 0 spiro atoms. The lowest BCUT2D eigenvalue weighted by Crippen LogP contribution is -2.71. The highest BCUT2D eigenvalue weighted by atomic mass is 16.6. The standard InChI is InChI=1S/C34H35BN4O4.C20H26BN3O4.C8H8O2.C6H7NO/c1-23(2)19-33(35-39(29-14-8-10-16-32(29)43-35)24(3)27-13-7-9-15-31(27)42-35)38-34(41)26(20-25-11-5-4-6-12-25)21-30(40)28-22-36-17-18-37-28;1-14(2)10-19(21(27)28)24-20(26)16(11-15-6-4-3-5-7-15)12-18(25)17-13-22-8-9-23-17;1-6(9)7-4-2-3-5-8(7)10;7-5-3-1-2-4-6(5)8/h4-18,22-23,26,33H,19-21H2,1-3H3,(H,38,41);3-9,13-14,16,19,27-28H,10-12H2,1-2H3,(H,24,26);2-5,10H,1H3;1-4,8H,7H2/t26-,33-,35?;16-,19-;;/m00../s1. The number of para-hydroxylation sites is 6. The fraction of sp³-hybridized carbons (Fsp3) is 0.265. The number of ketones is 3. The van der Waals surface area contributed by atoms with Crippen LogP contribution in [0, 0.1) is 23.7 Å². The molecule has 4 heterocycles. The summed E-state index contributed by atoms with van der Waals surface area (Å²) in [4.78, 5) is 79.9.